The minimum Gasteiger partial charge on any atom is -0.503 e. The molecule has 3 rings (SSSR count). The second kappa shape index (κ2) is 7.35. The van der Waals surface area contributed by atoms with E-state index >= 15 is 0 Å². The maximum absolute atomic E-state index is 12.4. The van der Waals surface area contributed by atoms with Crippen LogP contribution < -0.4 is 9.57 Å². The zero-order chi connectivity index (χ0) is 18.7. The van der Waals surface area contributed by atoms with E-state index in [2.05, 4.69) is 25.9 Å². The SMILES string of the molecule is COc1cc(/C=N/NS(=O)(=O)c2ccc3ccccc3c2)cc(Br)c1O. The molecule has 6 nitrogen and oxygen atoms in total. The van der Waals surface area contributed by atoms with E-state index in [9.17, 15) is 13.5 Å². The van der Waals surface area contributed by atoms with Crippen LogP contribution in [0.25, 0.3) is 10.8 Å². The molecule has 3 aromatic carbocycles. The summed E-state index contributed by atoms with van der Waals surface area (Å²) in [4.78, 5) is 2.31. The van der Waals surface area contributed by atoms with Crippen LogP contribution in [-0.2, 0) is 10.0 Å². The van der Waals surface area contributed by atoms with E-state index in [0.717, 1.165) is 10.8 Å². The lowest BCUT2D eigenvalue weighted by Crippen LogP contribution is -2.18. The summed E-state index contributed by atoms with van der Waals surface area (Å²) >= 11 is 3.20. The first-order valence-electron chi connectivity index (χ1n) is 7.51. The number of hydrogen-bond acceptors (Lipinski definition) is 5. The molecule has 0 aliphatic carbocycles. The second-order valence-electron chi connectivity index (χ2n) is 5.42. The molecule has 8 heteroatoms. The number of sulfonamides is 1. The van der Waals surface area contributed by atoms with Crippen molar-refractivity contribution in [3.8, 4) is 11.5 Å². The summed E-state index contributed by atoms with van der Waals surface area (Å²) in [5.74, 6) is 0.208. The number of fused-ring (bicyclic) bond motifs is 1. The smallest absolute Gasteiger partial charge is 0.276 e. The molecule has 0 atom stereocenters. The van der Waals surface area contributed by atoms with Gasteiger partial charge in [0, 0.05) is 0 Å². The molecular weight excluding hydrogens is 420 g/mol. The molecular formula is C18H15BrN2O4S. The Balaban J connectivity index is 1.83. The number of ether oxygens (including phenoxy) is 1. The van der Waals surface area contributed by atoms with Crippen LogP contribution in [0, 0.1) is 0 Å². The third-order valence-electron chi connectivity index (χ3n) is 3.69. The number of hydrazone groups is 1. The molecule has 134 valence electrons. The van der Waals surface area contributed by atoms with Crippen molar-refractivity contribution >= 4 is 42.9 Å². The van der Waals surface area contributed by atoms with Gasteiger partial charge in [0.2, 0.25) is 0 Å². The van der Waals surface area contributed by atoms with Crippen molar-refractivity contribution in [2.75, 3.05) is 7.11 Å². The topological polar surface area (TPSA) is 88.0 Å². The van der Waals surface area contributed by atoms with Gasteiger partial charge in [-0.2, -0.15) is 13.5 Å². The summed E-state index contributed by atoms with van der Waals surface area (Å²) < 4.78 is 30.3. The lowest BCUT2D eigenvalue weighted by molar-refractivity contribution is 0.372. The van der Waals surface area contributed by atoms with Crippen molar-refractivity contribution in [2.45, 2.75) is 4.90 Å². The van der Waals surface area contributed by atoms with E-state index in [1.807, 2.05) is 24.3 Å². The summed E-state index contributed by atoms with van der Waals surface area (Å²) in [5.41, 5.74) is 0.549. The van der Waals surface area contributed by atoms with Gasteiger partial charge in [-0.3, -0.25) is 0 Å². The summed E-state index contributed by atoms with van der Waals surface area (Å²) in [6.45, 7) is 0. The van der Waals surface area contributed by atoms with Gasteiger partial charge >= 0.3 is 0 Å². The predicted molar refractivity (Wildman–Crippen MR) is 104 cm³/mol. The molecule has 0 radical (unpaired) electrons. The maximum Gasteiger partial charge on any atom is 0.276 e. The molecule has 0 bridgehead atoms. The zero-order valence-electron chi connectivity index (χ0n) is 13.7. The normalized spacial score (nSPS) is 11.8. The van der Waals surface area contributed by atoms with Crippen molar-refractivity contribution in [3.05, 3.63) is 64.6 Å². The number of nitrogens with zero attached hydrogens (tertiary/aromatic N) is 1. The van der Waals surface area contributed by atoms with Crippen LogP contribution in [0.15, 0.2) is 69.1 Å². The summed E-state index contributed by atoms with van der Waals surface area (Å²) in [6.07, 6.45) is 1.32. The molecule has 0 spiro atoms. The summed E-state index contributed by atoms with van der Waals surface area (Å²) in [5, 5.41) is 15.4. The molecule has 0 fully saturated rings. The van der Waals surface area contributed by atoms with Crippen LogP contribution in [0.3, 0.4) is 0 Å². The van der Waals surface area contributed by atoms with Crippen LogP contribution in [0.1, 0.15) is 5.56 Å². The Morgan fingerprint density at radius 1 is 1.12 bits per heavy atom. The maximum atomic E-state index is 12.4. The number of methoxy groups -OCH3 is 1. The van der Waals surface area contributed by atoms with Gasteiger partial charge in [-0.05, 0) is 56.5 Å². The van der Waals surface area contributed by atoms with Crippen molar-refractivity contribution in [1.29, 1.82) is 0 Å². The largest absolute Gasteiger partial charge is 0.503 e. The van der Waals surface area contributed by atoms with E-state index in [-0.39, 0.29) is 16.4 Å². The van der Waals surface area contributed by atoms with Crippen molar-refractivity contribution < 1.29 is 18.3 Å². The molecule has 0 aliphatic rings. The molecule has 0 saturated heterocycles. The molecule has 0 aromatic heterocycles. The van der Waals surface area contributed by atoms with Gasteiger partial charge in [-0.25, -0.2) is 4.83 Å². The fourth-order valence-corrected chi connectivity index (χ4v) is 3.67. The third-order valence-corrected chi connectivity index (χ3v) is 5.51. The number of phenolic OH excluding ortho intramolecular Hbond substituents is 1. The van der Waals surface area contributed by atoms with Crippen LogP contribution in [0.4, 0.5) is 0 Å². The van der Waals surface area contributed by atoms with Crippen molar-refractivity contribution in [2.24, 2.45) is 5.10 Å². The van der Waals surface area contributed by atoms with Crippen LogP contribution in [0.5, 0.6) is 11.5 Å². The van der Waals surface area contributed by atoms with E-state index in [0.29, 0.717) is 10.0 Å². The van der Waals surface area contributed by atoms with Gasteiger partial charge in [0.15, 0.2) is 11.5 Å². The quantitative estimate of drug-likeness (QED) is 0.473. The van der Waals surface area contributed by atoms with Gasteiger partial charge in [-0.15, -0.1) is 0 Å². The zero-order valence-corrected chi connectivity index (χ0v) is 16.1. The van der Waals surface area contributed by atoms with Gasteiger partial charge < -0.3 is 9.84 Å². The third kappa shape index (κ3) is 3.81. The lowest BCUT2D eigenvalue weighted by Gasteiger charge is -2.07. The standard InChI is InChI=1S/C18H15BrN2O4S/c1-25-17-9-12(8-16(19)18(17)22)11-20-21-26(23,24)15-7-6-13-4-2-3-5-14(13)10-15/h2-11,21-22H,1H3/b20-11+. The van der Waals surface area contributed by atoms with Gasteiger partial charge in [-0.1, -0.05) is 30.3 Å². The van der Waals surface area contributed by atoms with Crippen LogP contribution >= 0.6 is 15.9 Å². The molecule has 26 heavy (non-hydrogen) atoms. The molecule has 0 unspecified atom stereocenters. The molecule has 3 aromatic rings. The molecule has 0 amide bonds. The van der Waals surface area contributed by atoms with Crippen molar-refractivity contribution in [3.63, 3.8) is 0 Å². The molecule has 0 aliphatic heterocycles. The second-order valence-corrected chi connectivity index (χ2v) is 7.93. The Morgan fingerprint density at radius 2 is 1.85 bits per heavy atom. The van der Waals surface area contributed by atoms with Gasteiger partial charge in [0.25, 0.3) is 10.0 Å². The van der Waals surface area contributed by atoms with Crippen LogP contribution in [0.2, 0.25) is 0 Å². The number of nitrogens with one attached hydrogen (secondary N) is 1. The predicted octanol–water partition coefficient (Wildman–Crippen LogP) is 3.63. The van der Waals surface area contributed by atoms with Gasteiger partial charge in [0.05, 0.1) is 22.7 Å². The van der Waals surface area contributed by atoms with Crippen molar-refractivity contribution in [1.82, 2.24) is 4.83 Å². The number of hydrogen-bond donors (Lipinski definition) is 2. The van der Waals surface area contributed by atoms with Crippen LogP contribution in [-0.4, -0.2) is 26.8 Å². The Bertz CT molecular complexity index is 1100. The highest BCUT2D eigenvalue weighted by atomic mass is 79.9. The number of aromatic hydroxyl groups is 1. The average Bonchev–Trinajstić information content (AvgIpc) is 2.64. The Hall–Kier alpha value is -2.58. The average molecular weight is 435 g/mol. The Morgan fingerprint density at radius 3 is 2.58 bits per heavy atom. The molecule has 0 heterocycles. The first-order valence-corrected chi connectivity index (χ1v) is 9.78. The van der Waals surface area contributed by atoms with E-state index in [1.165, 1.54) is 25.5 Å². The minimum absolute atomic E-state index is 0.0404. The first-order chi connectivity index (χ1) is 12.4. The number of halogens is 1. The highest BCUT2D eigenvalue weighted by molar-refractivity contribution is 9.10. The fourth-order valence-electron chi connectivity index (χ4n) is 2.38. The fraction of sp³-hybridized carbons (Fsp3) is 0.0556. The van der Waals surface area contributed by atoms with E-state index in [1.54, 1.807) is 18.2 Å². The Kier molecular flexibility index (Phi) is 5.15. The highest BCUT2D eigenvalue weighted by Crippen LogP contribution is 2.34. The number of rotatable bonds is 5. The molecule has 0 saturated carbocycles. The number of phenols is 1. The highest BCUT2D eigenvalue weighted by Gasteiger charge is 2.13. The minimum atomic E-state index is -3.80. The monoisotopic (exact) mass is 434 g/mol. The molecule has 2 N–H and O–H groups in total. The van der Waals surface area contributed by atoms with Gasteiger partial charge in [0.1, 0.15) is 0 Å². The Labute approximate surface area is 159 Å². The summed E-state index contributed by atoms with van der Waals surface area (Å²) in [6, 6.07) is 15.5. The lowest BCUT2D eigenvalue weighted by atomic mass is 10.1. The summed E-state index contributed by atoms with van der Waals surface area (Å²) in [7, 11) is -2.37. The van der Waals surface area contributed by atoms with E-state index in [4.69, 9.17) is 4.74 Å². The first kappa shape index (κ1) is 18.2. The number of benzene rings is 3. The van der Waals surface area contributed by atoms with E-state index < -0.39 is 10.0 Å².